The maximum absolute atomic E-state index is 12.8. The summed E-state index contributed by atoms with van der Waals surface area (Å²) in [6.45, 7) is 1.48. The maximum Gasteiger partial charge on any atom is 0.407 e. The molecular weight excluding hydrogens is 408 g/mol. The average Bonchev–Trinajstić information content (AvgIpc) is 3.02. The lowest BCUT2D eigenvalue weighted by molar-refractivity contribution is -0.145. The quantitative estimate of drug-likeness (QED) is 0.609. The van der Waals surface area contributed by atoms with E-state index in [-0.39, 0.29) is 38.4 Å². The van der Waals surface area contributed by atoms with Crippen molar-refractivity contribution < 1.29 is 33.9 Å². The van der Waals surface area contributed by atoms with E-state index in [2.05, 4.69) is 5.48 Å². The second-order valence-corrected chi connectivity index (χ2v) is 7.77. The van der Waals surface area contributed by atoms with Gasteiger partial charge < -0.3 is 19.6 Å². The van der Waals surface area contributed by atoms with Gasteiger partial charge in [-0.3, -0.25) is 14.5 Å². The van der Waals surface area contributed by atoms with Crippen LogP contribution in [0, 0.1) is 0 Å². The number of nitrogens with one attached hydrogen (secondary N) is 1. The van der Waals surface area contributed by atoms with Gasteiger partial charge in [-0.05, 0) is 18.4 Å². The van der Waals surface area contributed by atoms with Gasteiger partial charge in [-0.2, -0.15) is 5.06 Å². The van der Waals surface area contributed by atoms with Crippen molar-refractivity contribution in [3.8, 4) is 0 Å². The Balaban J connectivity index is 1.24. The first kappa shape index (κ1) is 21.3. The Morgan fingerprint density at radius 1 is 1.19 bits per heavy atom. The van der Waals surface area contributed by atoms with Crippen molar-refractivity contribution in [1.29, 1.82) is 0 Å². The zero-order valence-corrected chi connectivity index (χ0v) is 17.0. The maximum atomic E-state index is 12.8. The third-order valence-electron chi connectivity index (χ3n) is 5.69. The molecule has 3 heterocycles. The third-order valence-corrected chi connectivity index (χ3v) is 5.69. The van der Waals surface area contributed by atoms with Crippen LogP contribution in [-0.4, -0.2) is 89.0 Å². The van der Waals surface area contributed by atoms with E-state index in [1.165, 1.54) is 14.9 Å². The van der Waals surface area contributed by atoms with Crippen LogP contribution in [0.1, 0.15) is 18.4 Å². The number of ether oxygens (including phenoxy) is 1. The highest BCUT2D eigenvalue weighted by atomic mass is 16.7. The van der Waals surface area contributed by atoms with Crippen LogP contribution in [0.15, 0.2) is 30.3 Å². The summed E-state index contributed by atoms with van der Waals surface area (Å²) in [6, 6.07) is 8.52. The van der Waals surface area contributed by atoms with Gasteiger partial charge in [0.05, 0.1) is 19.2 Å². The summed E-state index contributed by atoms with van der Waals surface area (Å²) in [4.78, 5) is 50.2. The molecule has 3 saturated heterocycles. The average molecular weight is 434 g/mol. The number of hydroxylamine groups is 3. The minimum atomic E-state index is -1.01. The first-order chi connectivity index (χ1) is 15.0. The van der Waals surface area contributed by atoms with E-state index >= 15 is 0 Å². The third kappa shape index (κ3) is 4.89. The van der Waals surface area contributed by atoms with Crippen molar-refractivity contribution in [2.45, 2.75) is 37.6 Å². The van der Waals surface area contributed by atoms with Gasteiger partial charge in [0.2, 0.25) is 0 Å². The number of morpholine rings is 1. The molecule has 0 aliphatic carbocycles. The number of hydrogen-bond acceptors (Lipinski definition) is 6. The first-order valence-corrected chi connectivity index (χ1v) is 10.3. The van der Waals surface area contributed by atoms with Crippen molar-refractivity contribution in [2.75, 3.05) is 32.8 Å². The van der Waals surface area contributed by atoms with Gasteiger partial charge in [0.1, 0.15) is 25.4 Å². The number of carbonyl (C=O) groups is 3. The van der Waals surface area contributed by atoms with Crippen molar-refractivity contribution in [2.24, 2.45) is 0 Å². The second kappa shape index (κ2) is 9.50. The molecule has 3 atom stereocenters. The molecule has 4 rings (SSSR count). The van der Waals surface area contributed by atoms with Gasteiger partial charge in [-0.1, -0.05) is 30.3 Å². The molecule has 3 aliphatic heterocycles. The summed E-state index contributed by atoms with van der Waals surface area (Å²) in [7, 11) is 0. The molecular formula is C20H26N4O7. The van der Waals surface area contributed by atoms with E-state index in [1.54, 1.807) is 0 Å². The molecule has 0 spiro atoms. The molecule has 1 aromatic rings. The highest BCUT2D eigenvalue weighted by Gasteiger charge is 2.48. The lowest BCUT2D eigenvalue weighted by Crippen LogP contribution is -2.51. The molecule has 1 unspecified atom stereocenters. The predicted octanol–water partition coefficient (Wildman–Crippen LogP) is 0.813. The zero-order chi connectivity index (χ0) is 21.8. The van der Waals surface area contributed by atoms with Crippen LogP contribution in [-0.2, 0) is 25.8 Å². The Morgan fingerprint density at radius 3 is 2.77 bits per heavy atom. The number of carbonyl (C=O) groups excluding carboxylic acids is 2. The number of piperidine rings is 1. The van der Waals surface area contributed by atoms with Crippen molar-refractivity contribution in [3.05, 3.63) is 35.9 Å². The molecule has 2 bridgehead atoms. The van der Waals surface area contributed by atoms with E-state index in [4.69, 9.17) is 19.5 Å². The number of nitrogens with zero attached hydrogens (tertiary/aromatic N) is 3. The fourth-order valence-electron chi connectivity index (χ4n) is 4.06. The van der Waals surface area contributed by atoms with Crippen molar-refractivity contribution in [1.82, 2.24) is 20.3 Å². The highest BCUT2D eigenvalue weighted by Crippen LogP contribution is 2.30. The first-order valence-electron chi connectivity index (χ1n) is 10.3. The van der Waals surface area contributed by atoms with E-state index < -0.39 is 24.1 Å². The molecule has 1 aromatic carbocycles. The molecule has 2 N–H and O–H groups in total. The van der Waals surface area contributed by atoms with Gasteiger partial charge in [-0.25, -0.2) is 15.1 Å². The van der Waals surface area contributed by atoms with Crippen LogP contribution in [0.4, 0.5) is 9.59 Å². The topological polar surface area (TPSA) is 121 Å². The Hall–Kier alpha value is -2.89. The number of rotatable bonds is 7. The van der Waals surface area contributed by atoms with Crippen molar-refractivity contribution in [3.63, 3.8) is 0 Å². The summed E-state index contributed by atoms with van der Waals surface area (Å²) < 4.78 is 5.46. The van der Waals surface area contributed by atoms with Gasteiger partial charge >= 0.3 is 12.1 Å². The van der Waals surface area contributed by atoms with Crippen LogP contribution >= 0.6 is 0 Å². The van der Waals surface area contributed by atoms with Crippen LogP contribution < -0.4 is 5.48 Å². The Morgan fingerprint density at radius 2 is 2.00 bits per heavy atom. The number of carboxylic acid groups (broad SMARTS) is 1. The molecule has 3 aliphatic rings. The van der Waals surface area contributed by atoms with Gasteiger partial charge in [-0.15, -0.1) is 0 Å². The number of amides is 4. The summed E-state index contributed by atoms with van der Waals surface area (Å²) >= 11 is 0. The van der Waals surface area contributed by atoms with Crippen LogP contribution in [0.25, 0.3) is 0 Å². The molecule has 11 nitrogen and oxygen atoms in total. The van der Waals surface area contributed by atoms with E-state index in [0.717, 1.165) is 5.56 Å². The number of fused-ring (bicyclic) bond motifs is 2. The summed E-state index contributed by atoms with van der Waals surface area (Å²) in [5.41, 5.74) is 3.34. The number of hydrogen-bond donors (Lipinski definition) is 2. The fourth-order valence-corrected chi connectivity index (χ4v) is 4.06. The lowest BCUT2D eigenvalue weighted by Gasteiger charge is -2.31. The molecule has 4 amide bonds. The molecule has 168 valence electrons. The standard InChI is InChI=1S/C20H26N4O7/c25-18(21-30-13-16-11-22(20(27)28)8-9-29-16)17-7-6-15-10-23(17)19(26)24(15)31-12-14-4-2-1-3-5-14/h1-5,15-17H,6-13H2,(H,21,25)(H,27,28)/t15-,16?,17+/m1/s1. The summed E-state index contributed by atoms with van der Waals surface area (Å²) in [5, 5.41) is 10.4. The van der Waals surface area contributed by atoms with Crippen LogP contribution in [0.2, 0.25) is 0 Å². The Kier molecular flexibility index (Phi) is 6.54. The smallest absolute Gasteiger partial charge is 0.407 e. The summed E-state index contributed by atoms with van der Waals surface area (Å²) in [5.74, 6) is -0.414. The van der Waals surface area contributed by atoms with E-state index in [0.29, 0.717) is 25.9 Å². The van der Waals surface area contributed by atoms with Gasteiger partial charge in [0.25, 0.3) is 5.91 Å². The minimum Gasteiger partial charge on any atom is -0.465 e. The van der Waals surface area contributed by atoms with Crippen molar-refractivity contribution >= 4 is 18.0 Å². The minimum absolute atomic E-state index is 0.0190. The molecule has 3 fully saturated rings. The molecule has 0 saturated carbocycles. The SMILES string of the molecule is O=C(NOCC1CN(C(=O)O)CCO1)[C@@H]1CC[C@@H]2CN1C(=O)N2OCc1ccccc1. The fraction of sp³-hybridized carbons (Fsp3) is 0.550. The Bertz CT molecular complexity index is 808. The van der Waals surface area contributed by atoms with E-state index in [9.17, 15) is 14.4 Å². The largest absolute Gasteiger partial charge is 0.465 e. The van der Waals surface area contributed by atoms with Crippen LogP contribution in [0.5, 0.6) is 0 Å². The zero-order valence-electron chi connectivity index (χ0n) is 17.0. The monoisotopic (exact) mass is 434 g/mol. The highest BCUT2D eigenvalue weighted by molar-refractivity contribution is 5.88. The number of benzene rings is 1. The van der Waals surface area contributed by atoms with Crippen LogP contribution in [0.3, 0.4) is 0 Å². The lowest BCUT2D eigenvalue weighted by atomic mass is 10.0. The summed E-state index contributed by atoms with van der Waals surface area (Å²) in [6.07, 6.45) is -0.324. The molecule has 0 radical (unpaired) electrons. The predicted molar refractivity (Wildman–Crippen MR) is 105 cm³/mol. The number of urea groups is 1. The van der Waals surface area contributed by atoms with Gasteiger partial charge in [0, 0.05) is 13.1 Å². The second-order valence-electron chi connectivity index (χ2n) is 7.77. The normalized spacial score (nSPS) is 25.6. The van der Waals surface area contributed by atoms with Gasteiger partial charge in [0.15, 0.2) is 0 Å². The molecule has 31 heavy (non-hydrogen) atoms. The molecule has 11 heteroatoms. The Labute approximate surface area is 179 Å². The molecule has 0 aromatic heterocycles. The van der Waals surface area contributed by atoms with E-state index in [1.807, 2.05) is 30.3 Å².